The van der Waals surface area contributed by atoms with Crippen molar-refractivity contribution >= 4 is 29.3 Å². The number of rotatable bonds is 2. The van der Waals surface area contributed by atoms with Crippen LogP contribution in [0.2, 0.25) is 5.15 Å². The van der Waals surface area contributed by atoms with Gasteiger partial charge in [0.15, 0.2) is 0 Å². The molecule has 2 atom stereocenters. The van der Waals surface area contributed by atoms with Crippen LogP contribution in [-0.2, 0) is 0 Å². The molecular formula is C15H21ClN2OS. The Balaban J connectivity index is 2.28. The first-order chi connectivity index (χ1) is 9.40. The molecule has 0 bridgehead atoms. The van der Waals surface area contributed by atoms with E-state index in [0.29, 0.717) is 16.0 Å². The Kier molecular flexibility index (Phi) is 4.97. The maximum absolute atomic E-state index is 12.7. The maximum atomic E-state index is 12.7. The Morgan fingerprint density at radius 3 is 2.80 bits per heavy atom. The van der Waals surface area contributed by atoms with Gasteiger partial charge in [-0.1, -0.05) is 32.4 Å². The second-order valence-corrected chi connectivity index (χ2v) is 7.45. The van der Waals surface area contributed by atoms with E-state index in [1.54, 1.807) is 6.07 Å². The van der Waals surface area contributed by atoms with Gasteiger partial charge in [0.05, 0.1) is 0 Å². The summed E-state index contributed by atoms with van der Waals surface area (Å²) in [5.41, 5.74) is 1.52. The highest BCUT2D eigenvalue weighted by atomic mass is 35.5. The van der Waals surface area contributed by atoms with E-state index >= 15 is 0 Å². The minimum absolute atomic E-state index is 0.0656. The molecular weight excluding hydrogens is 292 g/mol. The van der Waals surface area contributed by atoms with E-state index in [2.05, 4.69) is 32.7 Å². The minimum Gasteiger partial charge on any atom is -0.334 e. The number of pyridine rings is 1. The summed E-state index contributed by atoms with van der Waals surface area (Å²) in [6, 6.07) is 3.79. The molecule has 1 aliphatic rings. The molecule has 0 radical (unpaired) electrons. The second-order valence-electron chi connectivity index (χ2n) is 5.57. The van der Waals surface area contributed by atoms with Gasteiger partial charge < -0.3 is 4.90 Å². The molecule has 2 unspecified atom stereocenters. The highest BCUT2D eigenvalue weighted by molar-refractivity contribution is 8.00. The van der Waals surface area contributed by atoms with Gasteiger partial charge in [-0.3, -0.25) is 4.79 Å². The maximum Gasteiger partial charge on any atom is 0.254 e. The lowest BCUT2D eigenvalue weighted by Crippen LogP contribution is -2.48. The van der Waals surface area contributed by atoms with Gasteiger partial charge in [-0.05, 0) is 25.0 Å². The molecule has 3 nitrogen and oxygen atoms in total. The molecule has 1 amide bonds. The van der Waals surface area contributed by atoms with Crippen molar-refractivity contribution in [2.24, 2.45) is 0 Å². The van der Waals surface area contributed by atoms with Gasteiger partial charge in [-0.25, -0.2) is 4.98 Å². The summed E-state index contributed by atoms with van der Waals surface area (Å²) < 4.78 is 0. The summed E-state index contributed by atoms with van der Waals surface area (Å²) in [5, 5.41) is 0.862. The molecule has 1 aliphatic heterocycles. The predicted molar refractivity (Wildman–Crippen MR) is 85.8 cm³/mol. The average Bonchev–Trinajstić information content (AvgIpc) is 2.40. The first kappa shape index (κ1) is 15.6. The molecule has 110 valence electrons. The lowest BCUT2D eigenvalue weighted by molar-refractivity contribution is 0.0698. The number of hydrogen-bond acceptors (Lipinski definition) is 3. The highest BCUT2D eigenvalue weighted by Gasteiger charge is 2.29. The first-order valence-corrected chi connectivity index (χ1v) is 8.43. The van der Waals surface area contributed by atoms with Crippen LogP contribution in [0.5, 0.6) is 0 Å². The number of amides is 1. The van der Waals surface area contributed by atoms with Crippen LogP contribution in [0.15, 0.2) is 12.1 Å². The Bertz CT molecular complexity index is 507. The number of carbonyl (C=O) groups excluding carboxylic acids is 1. The van der Waals surface area contributed by atoms with Crippen molar-refractivity contribution in [1.82, 2.24) is 9.88 Å². The van der Waals surface area contributed by atoms with Crippen molar-refractivity contribution in [3.8, 4) is 0 Å². The normalized spacial score (nSPS) is 23.2. The van der Waals surface area contributed by atoms with Crippen LogP contribution < -0.4 is 0 Å². The highest BCUT2D eigenvalue weighted by Crippen LogP contribution is 2.26. The largest absolute Gasteiger partial charge is 0.334 e. The van der Waals surface area contributed by atoms with E-state index < -0.39 is 0 Å². The van der Waals surface area contributed by atoms with Crippen LogP contribution in [-0.4, -0.2) is 39.4 Å². The third-order valence-electron chi connectivity index (χ3n) is 3.80. The van der Waals surface area contributed by atoms with E-state index in [1.165, 1.54) is 0 Å². The van der Waals surface area contributed by atoms with Crippen molar-refractivity contribution in [2.45, 2.75) is 44.9 Å². The summed E-state index contributed by atoms with van der Waals surface area (Å²) in [5.74, 6) is 1.32. The SMILES string of the molecule is CC(C)c1cc(C(=O)N2CCSC(C)C2C)cc(Cl)n1. The van der Waals surface area contributed by atoms with E-state index in [4.69, 9.17) is 11.6 Å². The zero-order valence-corrected chi connectivity index (χ0v) is 14.0. The zero-order chi connectivity index (χ0) is 14.9. The third-order valence-corrected chi connectivity index (χ3v) is 5.33. The molecule has 1 aromatic rings. The summed E-state index contributed by atoms with van der Waals surface area (Å²) in [6.07, 6.45) is 0. The predicted octanol–water partition coefficient (Wildman–Crippen LogP) is 3.82. The Hall–Kier alpha value is -0.740. The molecule has 0 aliphatic carbocycles. The molecule has 20 heavy (non-hydrogen) atoms. The molecule has 1 aromatic heterocycles. The minimum atomic E-state index is 0.0656. The Morgan fingerprint density at radius 1 is 1.45 bits per heavy atom. The first-order valence-electron chi connectivity index (χ1n) is 7.00. The van der Waals surface area contributed by atoms with Crippen molar-refractivity contribution in [3.63, 3.8) is 0 Å². The molecule has 1 saturated heterocycles. The summed E-state index contributed by atoms with van der Waals surface area (Å²) in [6.45, 7) is 9.19. The molecule has 1 fully saturated rings. The van der Waals surface area contributed by atoms with Crippen LogP contribution in [0.3, 0.4) is 0 Å². The summed E-state index contributed by atoms with van der Waals surface area (Å²) in [7, 11) is 0. The van der Waals surface area contributed by atoms with Crippen LogP contribution >= 0.6 is 23.4 Å². The van der Waals surface area contributed by atoms with Crippen molar-refractivity contribution in [1.29, 1.82) is 0 Å². The van der Waals surface area contributed by atoms with E-state index in [0.717, 1.165) is 18.0 Å². The van der Waals surface area contributed by atoms with Crippen LogP contribution in [0.1, 0.15) is 49.7 Å². The number of carbonyl (C=O) groups is 1. The standard InChI is InChI=1S/C15H21ClN2OS/c1-9(2)13-7-12(8-14(16)17-13)15(19)18-5-6-20-11(4)10(18)3/h7-11H,5-6H2,1-4H3. The Morgan fingerprint density at radius 2 is 2.15 bits per heavy atom. The van der Waals surface area contributed by atoms with Crippen LogP contribution in [0.25, 0.3) is 0 Å². The van der Waals surface area contributed by atoms with Crippen molar-refractivity contribution in [2.75, 3.05) is 12.3 Å². The van der Waals surface area contributed by atoms with Gasteiger partial charge in [0, 0.05) is 34.8 Å². The van der Waals surface area contributed by atoms with E-state index in [9.17, 15) is 4.79 Å². The molecule has 0 aromatic carbocycles. The van der Waals surface area contributed by atoms with Crippen molar-refractivity contribution < 1.29 is 4.79 Å². The van der Waals surface area contributed by atoms with Gasteiger partial charge in [0.1, 0.15) is 5.15 Å². The topological polar surface area (TPSA) is 33.2 Å². The van der Waals surface area contributed by atoms with Gasteiger partial charge >= 0.3 is 0 Å². The van der Waals surface area contributed by atoms with Gasteiger partial charge in [0.25, 0.3) is 5.91 Å². The zero-order valence-electron chi connectivity index (χ0n) is 12.4. The van der Waals surface area contributed by atoms with E-state index in [-0.39, 0.29) is 17.9 Å². The van der Waals surface area contributed by atoms with Crippen molar-refractivity contribution in [3.05, 3.63) is 28.5 Å². The average molecular weight is 313 g/mol. The number of nitrogens with zero attached hydrogens (tertiary/aromatic N) is 2. The van der Waals surface area contributed by atoms with E-state index in [1.807, 2.05) is 22.7 Å². The summed E-state index contributed by atoms with van der Waals surface area (Å²) >= 11 is 7.98. The molecule has 0 N–H and O–H groups in total. The van der Waals surface area contributed by atoms with Crippen LogP contribution in [0, 0.1) is 0 Å². The number of thioether (sulfide) groups is 1. The fourth-order valence-electron chi connectivity index (χ4n) is 2.32. The smallest absolute Gasteiger partial charge is 0.254 e. The molecule has 0 spiro atoms. The fourth-order valence-corrected chi connectivity index (χ4v) is 3.64. The second kappa shape index (κ2) is 6.35. The lowest BCUT2D eigenvalue weighted by atomic mass is 10.1. The molecule has 0 saturated carbocycles. The number of aromatic nitrogens is 1. The quantitative estimate of drug-likeness (QED) is 0.778. The Labute approximate surface area is 130 Å². The summed E-state index contributed by atoms with van der Waals surface area (Å²) in [4.78, 5) is 19.0. The molecule has 5 heteroatoms. The fraction of sp³-hybridized carbons (Fsp3) is 0.600. The lowest BCUT2D eigenvalue weighted by Gasteiger charge is -2.37. The molecule has 2 heterocycles. The molecule has 2 rings (SSSR count). The third kappa shape index (κ3) is 3.29. The van der Waals surface area contributed by atoms with Crippen LogP contribution in [0.4, 0.5) is 0 Å². The van der Waals surface area contributed by atoms with Gasteiger partial charge in [-0.15, -0.1) is 0 Å². The van der Waals surface area contributed by atoms with Gasteiger partial charge in [-0.2, -0.15) is 11.8 Å². The van der Waals surface area contributed by atoms with Gasteiger partial charge in [0.2, 0.25) is 0 Å². The monoisotopic (exact) mass is 312 g/mol. The number of halogens is 1. The number of hydrogen-bond donors (Lipinski definition) is 0.